The van der Waals surface area contributed by atoms with Crippen LogP contribution in [0.3, 0.4) is 0 Å². The van der Waals surface area contributed by atoms with E-state index in [0.29, 0.717) is 31.0 Å². The third kappa shape index (κ3) is 3.49. The summed E-state index contributed by atoms with van der Waals surface area (Å²) in [5.41, 5.74) is 7.73. The molecule has 3 rings (SSSR count). The number of ketones is 1. The first kappa shape index (κ1) is 16.6. The second-order valence-electron chi connectivity index (χ2n) is 7.25. The zero-order chi connectivity index (χ0) is 16.4. The van der Waals surface area contributed by atoms with E-state index < -0.39 is 0 Å². The van der Waals surface area contributed by atoms with Crippen LogP contribution < -0.4 is 5.73 Å². The molecule has 2 unspecified atom stereocenters. The fourth-order valence-corrected chi connectivity index (χ4v) is 4.43. The number of nitrogens with two attached hydrogens (primary N) is 1. The van der Waals surface area contributed by atoms with Gasteiger partial charge >= 0.3 is 0 Å². The van der Waals surface area contributed by atoms with Crippen molar-refractivity contribution in [2.24, 2.45) is 11.7 Å². The number of nitrogens with zero attached hydrogens (tertiary/aromatic N) is 1. The van der Waals surface area contributed by atoms with Gasteiger partial charge in [0.25, 0.3) is 0 Å². The highest BCUT2D eigenvalue weighted by atomic mass is 16.3. The molecule has 2 aliphatic heterocycles. The van der Waals surface area contributed by atoms with E-state index in [1.54, 1.807) is 0 Å². The standard InChI is InChI=1S/C19H28N2O2/c1-21-16-6-7-17(21)9-14(8-16)10-19(23)18(11-20)15-4-2-13(12-22)3-5-15/h2-5,14,16-18,22H,6-12,20H2,1H3/t14?,16?,17?,18-/m1/s1. The minimum atomic E-state index is -0.208. The molecule has 0 spiro atoms. The molecule has 126 valence electrons. The maximum atomic E-state index is 12.8. The predicted octanol–water partition coefficient (Wildman–Crippen LogP) is 2.05. The Bertz CT molecular complexity index is 529. The molecular weight excluding hydrogens is 288 g/mol. The van der Waals surface area contributed by atoms with Crippen LogP contribution in [0.25, 0.3) is 0 Å². The van der Waals surface area contributed by atoms with E-state index in [4.69, 9.17) is 10.8 Å². The Balaban J connectivity index is 1.63. The highest BCUT2D eigenvalue weighted by molar-refractivity contribution is 5.86. The molecule has 2 aliphatic rings. The second-order valence-corrected chi connectivity index (χ2v) is 7.25. The number of aliphatic hydroxyl groups excluding tert-OH is 1. The van der Waals surface area contributed by atoms with Crippen molar-refractivity contribution in [1.82, 2.24) is 4.90 Å². The molecule has 23 heavy (non-hydrogen) atoms. The molecule has 4 heteroatoms. The molecule has 0 aliphatic carbocycles. The van der Waals surface area contributed by atoms with E-state index in [1.807, 2.05) is 24.3 Å². The Kier molecular flexibility index (Phi) is 5.14. The minimum absolute atomic E-state index is 0.0277. The van der Waals surface area contributed by atoms with Gasteiger partial charge in [-0.3, -0.25) is 4.79 Å². The Labute approximate surface area is 138 Å². The fraction of sp³-hybridized carbons (Fsp3) is 0.632. The van der Waals surface area contributed by atoms with Crippen LogP contribution in [0.4, 0.5) is 0 Å². The first-order chi connectivity index (χ1) is 11.1. The molecule has 0 amide bonds. The lowest BCUT2D eigenvalue weighted by atomic mass is 9.82. The summed E-state index contributed by atoms with van der Waals surface area (Å²) in [6.45, 7) is 0.386. The smallest absolute Gasteiger partial charge is 0.141 e. The molecule has 3 atom stereocenters. The van der Waals surface area contributed by atoms with Crippen LogP contribution >= 0.6 is 0 Å². The van der Waals surface area contributed by atoms with Gasteiger partial charge in [0.05, 0.1) is 12.5 Å². The van der Waals surface area contributed by atoms with E-state index in [2.05, 4.69) is 11.9 Å². The van der Waals surface area contributed by atoms with Gasteiger partial charge < -0.3 is 15.7 Å². The quantitative estimate of drug-likeness (QED) is 0.843. The number of aliphatic hydroxyl groups is 1. The van der Waals surface area contributed by atoms with Gasteiger partial charge in [-0.1, -0.05) is 24.3 Å². The number of hydrogen-bond donors (Lipinski definition) is 2. The van der Waals surface area contributed by atoms with E-state index in [9.17, 15) is 4.79 Å². The lowest BCUT2D eigenvalue weighted by molar-refractivity contribution is -0.121. The van der Waals surface area contributed by atoms with Crippen molar-refractivity contribution in [3.8, 4) is 0 Å². The van der Waals surface area contributed by atoms with Crippen LogP contribution in [-0.4, -0.2) is 41.5 Å². The van der Waals surface area contributed by atoms with E-state index in [-0.39, 0.29) is 18.3 Å². The van der Waals surface area contributed by atoms with Gasteiger partial charge in [0, 0.05) is 25.0 Å². The number of hydrogen-bond acceptors (Lipinski definition) is 4. The predicted molar refractivity (Wildman–Crippen MR) is 91.1 cm³/mol. The zero-order valence-electron chi connectivity index (χ0n) is 13.9. The molecule has 2 fully saturated rings. The molecule has 3 N–H and O–H groups in total. The summed E-state index contributed by atoms with van der Waals surface area (Å²) in [5.74, 6) is 0.584. The molecule has 4 nitrogen and oxygen atoms in total. The highest BCUT2D eigenvalue weighted by Gasteiger charge is 2.39. The van der Waals surface area contributed by atoms with Crippen LogP contribution in [0, 0.1) is 5.92 Å². The van der Waals surface area contributed by atoms with Crippen molar-refractivity contribution in [2.75, 3.05) is 13.6 Å². The topological polar surface area (TPSA) is 66.6 Å². The summed E-state index contributed by atoms with van der Waals surface area (Å²) < 4.78 is 0. The summed E-state index contributed by atoms with van der Waals surface area (Å²) in [6, 6.07) is 8.96. The molecular formula is C19H28N2O2. The second kappa shape index (κ2) is 7.12. The van der Waals surface area contributed by atoms with Gasteiger partial charge in [-0.05, 0) is 49.8 Å². The van der Waals surface area contributed by atoms with Crippen LogP contribution in [-0.2, 0) is 11.4 Å². The highest BCUT2D eigenvalue weighted by Crippen LogP contribution is 2.39. The lowest BCUT2D eigenvalue weighted by Gasteiger charge is -2.36. The van der Waals surface area contributed by atoms with E-state index in [1.165, 1.54) is 12.8 Å². The van der Waals surface area contributed by atoms with Crippen molar-refractivity contribution in [3.63, 3.8) is 0 Å². The SMILES string of the molecule is CN1C2CCC1CC(CC(=O)[C@H](CN)c1ccc(CO)cc1)C2. The number of carbonyl (C=O) groups excluding carboxylic acids is 1. The summed E-state index contributed by atoms with van der Waals surface area (Å²) in [4.78, 5) is 15.3. The summed E-state index contributed by atoms with van der Waals surface area (Å²) in [6.07, 6.45) is 5.53. The molecule has 2 bridgehead atoms. The molecule has 1 aromatic carbocycles. The van der Waals surface area contributed by atoms with E-state index in [0.717, 1.165) is 24.0 Å². The number of benzene rings is 1. The molecule has 0 aromatic heterocycles. The third-order valence-electron chi connectivity index (χ3n) is 5.87. The van der Waals surface area contributed by atoms with Gasteiger partial charge in [0.15, 0.2) is 0 Å². The zero-order valence-corrected chi connectivity index (χ0v) is 13.9. The monoisotopic (exact) mass is 316 g/mol. The van der Waals surface area contributed by atoms with Crippen molar-refractivity contribution >= 4 is 5.78 Å². The van der Waals surface area contributed by atoms with Crippen LogP contribution in [0.2, 0.25) is 0 Å². The average molecular weight is 316 g/mol. The first-order valence-corrected chi connectivity index (χ1v) is 8.76. The van der Waals surface area contributed by atoms with Crippen molar-refractivity contribution < 1.29 is 9.90 Å². The van der Waals surface area contributed by atoms with Gasteiger partial charge in [-0.25, -0.2) is 0 Å². The lowest BCUT2D eigenvalue weighted by Crippen LogP contribution is -2.40. The van der Waals surface area contributed by atoms with Crippen LogP contribution in [0.15, 0.2) is 24.3 Å². The van der Waals surface area contributed by atoms with Crippen molar-refractivity contribution in [3.05, 3.63) is 35.4 Å². The first-order valence-electron chi connectivity index (χ1n) is 8.76. The Morgan fingerprint density at radius 1 is 1.26 bits per heavy atom. The van der Waals surface area contributed by atoms with Crippen molar-refractivity contribution in [1.29, 1.82) is 0 Å². The molecule has 1 aromatic rings. The largest absolute Gasteiger partial charge is 0.392 e. The normalized spacial score (nSPS) is 28.7. The minimum Gasteiger partial charge on any atom is -0.392 e. The van der Waals surface area contributed by atoms with Gasteiger partial charge in [-0.2, -0.15) is 0 Å². The summed E-state index contributed by atoms with van der Waals surface area (Å²) in [7, 11) is 2.23. The molecule has 2 saturated heterocycles. The van der Waals surface area contributed by atoms with Crippen LogP contribution in [0.5, 0.6) is 0 Å². The number of Topliss-reactive ketones (excluding diaryl/α,β-unsaturated/α-hetero) is 1. The average Bonchev–Trinajstić information content (AvgIpc) is 2.77. The Hall–Kier alpha value is -1.23. The number of piperidine rings is 1. The molecule has 2 heterocycles. The van der Waals surface area contributed by atoms with Crippen LogP contribution in [0.1, 0.15) is 49.1 Å². The molecule has 0 saturated carbocycles. The van der Waals surface area contributed by atoms with Gasteiger partial charge in [0.1, 0.15) is 5.78 Å². The Morgan fingerprint density at radius 2 is 1.87 bits per heavy atom. The van der Waals surface area contributed by atoms with Gasteiger partial charge in [0.2, 0.25) is 0 Å². The maximum Gasteiger partial charge on any atom is 0.141 e. The maximum absolute atomic E-state index is 12.8. The van der Waals surface area contributed by atoms with E-state index >= 15 is 0 Å². The van der Waals surface area contributed by atoms with Gasteiger partial charge in [-0.15, -0.1) is 0 Å². The number of rotatable bonds is 6. The third-order valence-corrected chi connectivity index (χ3v) is 5.87. The fourth-order valence-electron chi connectivity index (χ4n) is 4.43. The Morgan fingerprint density at radius 3 is 2.39 bits per heavy atom. The van der Waals surface area contributed by atoms with Crippen molar-refractivity contribution in [2.45, 2.75) is 56.7 Å². The number of carbonyl (C=O) groups is 1. The summed E-state index contributed by atoms with van der Waals surface area (Å²) >= 11 is 0. The summed E-state index contributed by atoms with van der Waals surface area (Å²) in [5, 5.41) is 9.13. The number of fused-ring (bicyclic) bond motifs is 2. The molecule has 0 radical (unpaired) electrons.